The quantitative estimate of drug-likeness (QED) is 0.280. The van der Waals surface area contributed by atoms with E-state index in [4.69, 9.17) is 0 Å². The molecule has 0 bridgehead atoms. The van der Waals surface area contributed by atoms with Crippen molar-refractivity contribution in [3.05, 3.63) is 78.9 Å². The van der Waals surface area contributed by atoms with E-state index in [-0.39, 0.29) is 24.8 Å². The van der Waals surface area contributed by atoms with Crippen LogP contribution in [0.1, 0.15) is 38.5 Å². The predicted molar refractivity (Wildman–Crippen MR) is 107 cm³/mol. The van der Waals surface area contributed by atoms with Crippen LogP contribution in [0, 0.1) is 6.08 Å². The monoisotopic (exact) mass is 562 g/mol. The number of halogens is 2. The number of fused-ring (bicyclic) bond motifs is 3. The van der Waals surface area contributed by atoms with Gasteiger partial charge in [-0.25, -0.2) is 12.2 Å². The number of rotatable bonds is 0. The van der Waals surface area contributed by atoms with Gasteiger partial charge in [-0.1, -0.05) is 36.4 Å². The fourth-order valence-electron chi connectivity index (χ4n) is 3.22. The minimum absolute atomic E-state index is 0. The SMILES string of the molecule is [C-]1=CC=CC1.[Cl-].[Cl-].[Hf+2]=[C]1CCCCC1.c1ccc2c(c1)[cH-]c1ccccc12. The molecule has 0 saturated heterocycles. The Bertz CT molecular complexity index is 821. The van der Waals surface area contributed by atoms with Crippen LogP contribution in [0.5, 0.6) is 0 Å². The average Bonchev–Trinajstić information content (AvgIpc) is 3.34. The molecule has 3 heteroatoms. The van der Waals surface area contributed by atoms with Crippen molar-refractivity contribution in [3.8, 4) is 0 Å². The van der Waals surface area contributed by atoms with E-state index >= 15 is 0 Å². The Labute approximate surface area is 190 Å². The van der Waals surface area contributed by atoms with Gasteiger partial charge < -0.3 is 24.8 Å². The van der Waals surface area contributed by atoms with Crippen molar-refractivity contribution >= 4 is 24.8 Å². The molecule has 0 unspecified atom stereocenters. The molecule has 0 aromatic heterocycles. The van der Waals surface area contributed by atoms with E-state index in [9.17, 15) is 0 Å². The molecule has 0 radical (unpaired) electrons. The van der Waals surface area contributed by atoms with Crippen molar-refractivity contribution < 1.29 is 48.7 Å². The van der Waals surface area contributed by atoms with E-state index in [0.717, 1.165) is 6.42 Å². The van der Waals surface area contributed by atoms with Gasteiger partial charge in [0.15, 0.2) is 0 Å². The Morgan fingerprint density at radius 2 is 1.33 bits per heavy atom. The summed E-state index contributed by atoms with van der Waals surface area (Å²) in [4.78, 5) is 0. The summed E-state index contributed by atoms with van der Waals surface area (Å²) in [5, 5.41) is 5.39. The molecule has 27 heavy (non-hydrogen) atoms. The Morgan fingerprint density at radius 3 is 1.70 bits per heavy atom. The molecular formula is C24H24Cl2Hf-2. The molecule has 0 spiro atoms. The Morgan fingerprint density at radius 1 is 0.778 bits per heavy atom. The first-order valence-corrected chi connectivity index (χ1v) is 11.0. The number of hydrogen-bond acceptors (Lipinski definition) is 0. The van der Waals surface area contributed by atoms with Gasteiger partial charge in [-0.15, -0.1) is 46.2 Å². The van der Waals surface area contributed by atoms with Crippen molar-refractivity contribution in [2.75, 3.05) is 0 Å². The summed E-state index contributed by atoms with van der Waals surface area (Å²) in [6, 6.07) is 19.3. The second kappa shape index (κ2) is 13.3. The molecule has 5 rings (SSSR count). The fraction of sp³-hybridized carbons (Fsp3) is 0.250. The molecule has 3 aromatic carbocycles. The van der Waals surface area contributed by atoms with Gasteiger partial charge in [0.25, 0.3) is 0 Å². The first-order chi connectivity index (χ1) is 12.3. The second-order valence-electron chi connectivity index (χ2n) is 6.49. The van der Waals surface area contributed by atoms with Gasteiger partial charge >= 0.3 is 59.3 Å². The zero-order chi connectivity index (χ0) is 17.3. The maximum Gasteiger partial charge on any atom is -0.0771 e. The Kier molecular flexibility index (Phi) is 11.9. The molecule has 140 valence electrons. The molecule has 0 atom stereocenters. The van der Waals surface area contributed by atoms with Crippen molar-refractivity contribution in [2.24, 2.45) is 0 Å². The third kappa shape index (κ3) is 7.56. The molecule has 0 N–H and O–H groups in total. The van der Waals surface area contributed by atoms with Gasteiger partial charge in [0.05, 0.1) is 0 Å². The third-order valence-electron chi connectivity index (χ3n) is 4.57. The van der Waals surface area contributed by atoms with Crippen LogP contribution in [0.4, 0.5) is 0 Å². The minimum atomic E-state index is 0. The van der Waals surface area contributed by atoms with Gasteiger partial charge in [-0.3, -0.25) is 6.08 Å². The predicted octanol–water partition coefficient (Wildman–Crippen LogP) is 0.695. The van der Waals surface area contributed by atoms with Crippen LogP contribution in [-0.4, -0.2) is 3.26 Å². The Hall–Kier alpha value is -0.890. The van der Waals surface area contributed by atoms with Gasteiger partial charge in [-0.2, -0.15) is 6.08 Å². The van der Waals surface area contributed by atoms with E-state index in [1.807, 2.05) is 15.4 Å². The summed E-state index contributed by atoms with van der Waals surface area (Å²) >= 11 is 1.37. The first kappa shape index (κ1) is 24.1. The van der Waals surface area contributed by atoms with Crippen LogP contribution >= 0.6 is 0 Å². The fourth-order valence-corrected chi connectivity index (χ4v) is 4.49. The number of allylic oxidation sites excluding steroid dienone is 4. The van der Waals surface area contributed by atoms with Crippen LogP contribution in [0.2, 0.25) is 0 Å². The van der Waals surface area contributed by atoms with Gasteiger partial charge in [0, 0.05) is 0 Å². The molecule has 3 aromatic rings. The standard InChI is InChI=1S/C13H9.C6H10.C5H5.2ClH.Hf/c1-3-7-12-10(5-1)9-11-6-2-4-8-13(11)12;1-2-4-6-5-3-1;1-2-4-5-3-1;;;/h1-9H;1-5H2;1-3H,4H2;2*1H;/q-1;;-1;;;+2/p-2. The number of hydrogen-bond donors (Lipinski definition) is 0. The molecule has 2 aliphatic rings. The number of benzene rings is 2. The topological polar surface area (TPSA) is 0 Å². The summed E-state index contributed by atoms with van der Waals surface area (Å²) in [5.74, 6) is 0. The first-order valence-electron chi connectivity index (χ1n) is 9.16. The summed E-state index contributed by atoms with van der Waals surface area (Å²) in [7, 11) is 0. The summed E-state index contributed by atoms with van der Waals surface area (Å²) in [5.41, 5.74) is 0. The molecule has 0 heterocycles. The van der Waals surface area contributed by atoms with Crippen molar-refractivity contribution in [1.29, 1.82) is 0 Å². The van der Waals surface area contributed by atoms with E-state index < -0.39 is 0 Å². The average molecular weight is 562 g/mol. The van der Waals surface area contributed by atoms with E-state index in [1.165, 1.54) is 77.5 Å². The maximum atomic E-state index is 2.99. The molecule has 2 aliphatic carbocycles. The van der Waals surface area contributed by atoms with E-state index in [0.29, 0.717) is 0 Å². The van der Waals surface area contributed by atoms with Crippen molar-refractivity contribution in [2.45, 2.75) is 38.5 Å². The van der Waals surface area contributed by atoms with Crippen LogP contribution in [0.3, 0.4) is 0 Å². The van der Waals surface area contributed by atoms with E-state index in [1.54, 1.807) is 0 Å². The smallest absolute Gasteiger partial charge is 0.0771 e. The van der Waals surface area contributed by atoms with Crippen LogP contribution in [-0.2, 0) is 23.9 Å². The summed E-state index contributed by atoms with van der Waals surface area (Å²) < 4.78 is 1.85. The van der Waals surface area contributed by atoms with Crippen LogP contribution in [0.25, 0.3) is 21.5 Å². The molecule has 0 nitrogen and oxygen atoms in total. The summed E-state index contributed by atoms with van der Waals surface area (Å²) in [6.45, 7) is 0. The minimum Gasteiger partial charge on any atom is -0.126 e. The third-order valence-corrected chi connectivity index (χ3v) is 6.36. The maximum absolute atomic E-state index is 2.99. The normalized spacial score (nSPS) is 14.5. The molecule has 1 saturated carbocycles. The van der Waals surface area contributed by atoms with Crippen molar-refractivity contribution in [3.63, 3.8) is 0 Å². The molecular weight excluding hydrogens is 538 g/mol. The van der Waals surface area contributed by atoms with E-state index in [2.05, 4.69) is 66.7 Å². The van der Waals surface area contributed by atoms with Crippen LogP contribution in [0.15, 0.2) is 72.8 Å². The zero-order valence-electron chi connectivity index (χ0n) is 15.4. The van der Waals surface area contributed by atoms with Gasteiger partial charge in [0.2, 0.25) is 0 Å². The van der Waals surface area contributed by atoms with Crippen LogP contribution < -0.4 is 24.8 Å². The summed E-state index contributed by atoms with van der Waals surface area (Å²) in [6.07, 6.45) is 17.4. The zero-order valence-corrected chi connectivity index (χ0v) is 20.5. The second-order valence-corrected chi connectivity index (χ2v) is 9.03. The molecule has 0 amide bonds. The van der Waals surface area contributed by atoms with Gasteiger partial charge in [-0.05, 0) is 0 Å². The molecule has 1 fully saturated rings. The molecule has 0 aliphatic heterocycles. The van der Waals surface area contributed by atoms with Gasteiger partial charge in [0.1, 0.15) is 0 Å². The van der Waals surface area contributed by atoms with Crippen molar-refractivity contribution in [1.82, 2.24) is 0 Å². The largest absolute Gasteiger partial charge is 0.126 e. The Balaban J connectivity index is 0.000000223.